The molecular weight excluding hydrogens is 294 g/mol. The molecule has 0 aliphatic rings. The SMILES string of the molecule is CN(Cc1n[nH]c(=O)o1)Cc1cnc(N(C)C)c2ccccc12. The molecular formula is C16H19N5O2. The average molecular weight is 313 g/mol. The van der Waals surface area contributed by atoms with Gasteiger partial charge in [-0.25, -0.2) is 14.9 Å². The molecule has 7 nitrogen and oxygen atoms in total. The molecule has 0 unspecified atom stereocenters. The van der Waals surface area contributed by atoms with Crippen molar-refractivity contribution in [3.05, 3.63) is 52.5 Å². The van der Waals surface area contributed by atoms with E-state index in [0.717, 1.165) is 16.8 Å². The summed E-state index contributed by atoms with van der Waals surface area (Å²) in [5.41, 5.74) is 1.12. The van der Waals surface area contributed by atoms with Gasteiger partial charge in [0.15, 0.2) is 0 Å². The molecule has 1 aromatic carbocycles. The number of nitrogens with zero attached hydrogens (tertiary/aromatic N) is 4. The molecule has 0 aliphatic heterocycles. The number of rotatable bonds is 5. The molecule has 2 aromatic heterocycles. The van der Waals surface area contributed by atoms with Gasteiger partial charge >= 0.3 is 5.76 Å². The first-order chi connectivity index (χ1) is 11.0. The maximum Gasteiger partial charge on any atom is 0.434 e. The molecule has 1 N–H and O–H groups in total. The van der Waals surface area contributed by atoms with Crippen molar-refractivity contribution in [1.29, 1.82) is 0 Å². The van der Waals surface area contributed by atoms with Crippen LogP contribution in [0.2, 0.25) is 0 Å². The first-order valence-electron chi connectivity index (χ1n) is 7.31. The molecule has 7 heteroatoms. The highest BCUT2D eigenvalue weighted by atomic mass is 16.4. The second-order valence-electron chi connectivity index (χ2n) is 5.73. The molecule has 2 heterocycles. The number of anilines is 1. The van der Waals surface area contributed by atoms with Crippen LogP contribution < -0.4 is 10.7 Å². The molecule has 0 saturated heterocycles. The van der Waals surface area contributed by atoms with E-state index in [1.807, 2.05) is 49.3 Å². The van der Waals surface area contributed by atoms with Crippen LogP contribution in [0.25, 0.3) is 10.8 Å². The van der Waals surface area contributed by atoms with E-state index in [4.69, 9.17) is 4.42 Å². The lowest BCUT2D eigenvalue weighted by Gasteiger charge is -2.19. The minimum atomic E-state index is -0.532. The lowest BCUT2D eigenvalue weighted by atomic mass is 10.1. The van der Waals surface area contributed by atoms with E-state index in [9.17, 15) is 4.79 Å². The Balaban J connectivity index is 1.88. The number of fused-ring (bicyclic) bond motifs is 1. The van der Waals surface area contributed by atoms with Crippen molar-refractivity contribution < 1.29 is 4.42 Å². The lowest BCUT2D eigenvalue weighted by Crippen LogP contribution is -2.18. The van der Waals surface area contributed by atoms with Gasteiger partial charge in [0.1, 0.15) is 5.82 Å². The van der Waals surface area contributed by atoms with Crippen molar-refractivity contribution in [2.24, 2.45) is 0 Å². The normalized spacial score (nSPS) is 11.3. The topological polar surface area (TPSA) is 78.3 Å². The number of pyridine rings is 1. The third kappa shape index (κ3) is 3.24. The minimum absolute atomic E-state index is 0.375. The van der Waals surface area contributed by atoms with E-state index in [1.54, 1.807) is 0 Å². The number of aromatic nitrogens is 3. The third-order valence-electron chi connectivity index (χ3n) is 3.61. The Kier molecular flexibility index (Phi) is 4.12. The predicted molar refractivity (Wildman–Crippen MR) is 88.4 cm³/mol. The Labute approximate surface area is 133 Å². The van der Waals surface area contributed by atoms with Crippen molar-refractivity contribution in [1.82, 2.24) is 20.1 Å². The van der Waals surface area contributed by atoms with Crippen molar-refractivity contribution in [3.8, 4) is 0 Å². The Morgan fingerprint density at radius 2 is 1.87 bits per heavy atom. The number of nitrogens with one attached hydrogen (secondary N) is 1. The summed E-state index contributed by atoms with van der Waals surface area (Å²) in [5, 5.41) is 8.39. The van der Waals surface area contributed by atoms with Crippen molar-refractivity contribution >= 4 is 16.6 Å². The highest BCUT2D eigenvalue weighted by Gasteiger charge is 2.12. The number of hydrogen-bond donors (Lipinski definition) is 1. The Morgan fingerprint density at radius 1 is 1.13 bits per heavy atom. The molecule has 0 atom stereocenters. The average Bonchev–Trinajstić information content (AvgIpc) is 2.92. The summed E-state index contributed by atoms with van der Waals surface area (Å²) in [4.78, 5) is 19.6. The summed E-state index contributed by atoms with van der Waals surface area (Å²) in [5.74, 6) is 0.792. The molecule has 0 radical (unpaired) electrons. The van der Waals surface area contributed by atoms with E-state index < -0.39 is 5.76 Å². The number of benzene rings is 1. The van der Waals surface area contributed by atoms with Crippen LogP contribution in [0.5, 0.6) is 0 Å². The minimum Gasteiger partial charge on any atom is -0.391 e. The van der Waals surface area contributed by atoms with Gasteiger partial charge in [0.2, 0.25) is 5.89 Å². The molecule has 0 fully saturated rings. The number of H-pyrrole nitrogens is 1. The monoisotopic (exact) mass is 313 g/mol. The fourth-order valence-electron chi connectivity index (χ4n) is 2.62. The molecule has 0 saturated carbocycles. The molecule has 3 aromatic rings. The van der Waals surface area contributed by atoms with Crippen molar-refractivity contribution in [2.45, 2.75) is 13.1 Å². The van der Waals surface area contributed by atoms with E-state index in [-0.39, 0.29) is 0 Å². The number of aromatic amines is 1. The van der Waals surface area contributed by atoms with Gasteiger partial charge < -0.3 is 9.32 Å². The van der Waals surface area contributed by atoms with Crippen LogP contribution in [-0.2, 0) is 13.1 Å². The summed E-state index contributed by atoms with van der Waals surface area (Å²) in [6, 6.07) is 8.22. The van der Waals surface area contributed by atoms with Crippen LogP contribution in [0.3, 0.4) is 0 Å². The molecule has 120 valence electrons. The maximum atomic E-state index is 11.0. The second-order valence-corrected chi connectivity index (χ2v) is 5.73. The summed E-state index contributed by atoms with van der Waals surface area (Å²) in [7, 11) is 5.92. The summed E-state index contributed by atoms with van der Waals surface area (Å²) >= 11 is 0. The molecule has 23 heavy (non-hydrogen) atoms. The van der Waals surface area contributed by atoms with E-state index in [1.165, 1.54) is 5.39 Å². The Hall–Kier alpha value is -2.67. The van der Waals surface area contributed by atoms with Gasteiger partial charge in [-0.05, 0) is 18.0 Å². The zero-order chi connectivity index (χ0) is 16.4. The molecule has 0 aliphatic carbocycles. The number of hydrogen-bond acceptors (Lipinski definition) is 6. The smallest absolute Gasteiger partial charge is 0.391 e. The highest BCUT2D eigenvalue weighted by molar-refractivity contribution is 5.94. The molecule has 0 spiro atoms. The van der Waals surface area contributed by atoms with Gasteiger partial charge in [0.05, 0.1) is 6.54 Å². The fraction of sp³-hybridized carbons (Fsp3) is 0.312. The van der Waals surface area contributed by atoms with Crippen LogP contribution in [0.1, 0.15) is 11.5 Å². The van der Waals surface area contributed by atoms with Crippen LogP contribution in [0.15, 0.2) is 39.7 Å². The van der Waals surface area contributed by atoms with Crippen LogP contribution >= 0.6 is 0 Å². The van der Waals surface area contributed by atoms with Crippen LogP contribution in [0.4, 0.5) is 5.82 Å². The van der Waals surface area contributed by atoms with Gasteiger partial charge in [0, 0.05) is 32.2 Å². The molecule has 0 amide bonds. The quantitative estimate of drug-likeness (QED) is 0.771. The van der Waals surface area contributed by atoms with Crippen molar-refractivity contribution in [3.63, 3.8) is 0 Å². The van der Waals surface area contributed by atoms with Gasteiger partial charge in [-0.15, -0.1) is 5.10 Å². The Morgan fingerprint density at radius 3 is 2.52 bits per heavy atom. The van der Waals surface area contributed by atoms with Crippen molar-refractivity contribution in [2.75, 3.05) is 26.0 Å². The predicted octanol–water partition coefficient (Wildman–Crippen LogP) is 1.61. The molecule has 3 rings (SSSR count). The van der Waals surface area contributed by atoms with Gasteiger partial charge in [-0.2, -0.15) is 0 Å². The van der Waals surface area contributed by atoms with Gasteiger partial charge in [-0.3, -0.25) is 4.90 Å². The van der Waals surface area contributed by atoms with Gasteiger partial charge in [0.25, 0.3) is 0 Å². The summed E-state index contributed by atoms with van der Waals surface area (Å²) < 4.78 is 4.94. The maximum absolute atomic E-state index is 11.0. The largest absolute Gasteiger partial charge is 0.434 e. The van der Waals surface area contributed by atoms with E-state index in [2.05, 4.69) is 27.3 Å². The summed E-state index contributed by atoms with van der Waals surface area (Å²) in [6.45, 7) is 1.13. The summed E-state index contributed by atoms with van der Waals surface area (Å²) in [6.07, 6.45) is 1.90. The zero-order valence-electron chi connectivity index (χ0n) is 13.4. The standard InChI is InChI=1S/C16H19N5O2/c1-20(2)15-13-7-5-4-6-12(13)11(8-17-15)9-21(3)10-14-18-19-16(22)23-14/h4-8H,9-10H2,1-3H3,(H,19,22). The first kappa shape index (κ1) is 15.2. The highest BCUT2D eigenvalue weighted by Crippen LogP contribution is 2.26. The van der Waals surface area contributed by atoms with Gasteiger partial charge in [-0.1, -0.05) is 24.3 Å². The Bertz CT molecular complexity index is 868. The molecule has 0 bridgehead atoms. The second kappa shape index (κ2) is 6.21. The third-order valence-corrected chi connectivity index (χ3v) is 3.61. The van der Waals surface area contributed by atoms with E-state index >= 15 is 0 Å². The van der Waals surface area contributed by atoms with Crippen LogP contribution in [-0.4, -0.2) is 41.2 Å². The van der Waals surface area contributed by atoms with Crippen LogP contribution in [0, 0.1) is 0 Å². The lowest BCUT2D eigenvalue weighted by molar-refractivity contribution is 0.278. The fourth-order valence-corrected chi connectivity index (χ4v) is 2.62. The zero-order valence-corrected chi connectivity index (χ0v) is 13.4. The first-order valence-corrected chi connectivity index (χ1v) is 7.31. The van der Waals surface area contributed by atoms with E-state index in [0.29, 0.717) is 19.0 Å².